The van der Waals surface area contributed by atoms with Crippen LogP contribution in [0.1, 0.15) is 42.7 Å². The summed E-state index contributed by atoms with van der Waals surface area (Å²) in [6, 6.07) is 14.3. The zero-order valence-electron chi connectivity index (χ0n) is 20.4. The molecule has 5 rings (SSSR count). The Labute approximate surface area is 209 Å². The third-order valence-corrected chi connectivity index (χ3v) is 6.95. The maximum atomic E-state index is 13.5. The van der Waals surface area contributed by atoms with Gasteiger partial charge in [0.1, 0.15) is 13.1 Å². The van der Waals surface area contributed by atoms with Crippen LogP contribution in [0, 0.1) is 19.8 Å². The van der Waals surface area contributed by atoms with E-state index in [1.165, 1.54) is 0 Å². The summed E-state index contributed by atoms with van der Waals surface area (Å²) in [4.78, 5) is 46.9. The smallest absolute Gasteiger partial charge is 0.327 e. The predicted octanol–water partition coefficient (Wildman–Crippen LogP) is 4.32. The highest BCUT2D eigenvalue weighted by atomic mass is 16.5. The first kappa shape index (κ1) is 23.7. The van der Waals surface area contributed by atoms with Crippen LogP contribution in [-0.2, 0) is 16.1 Å². The lowest BCUT2D eigenvalue weighted by molar-refractivity contribution is -0.142. The second kappa shape index (κ2) is 9.93. The minimum Gasteiger partial charge on any atom is -0.337 e. The van der Waals surface area contributed by atoms with Gasteiger partial charge in [-0.05, 0) is 38.3 Å². The van der Waals surface area contributed by atoms with Crippen LogP contribution in [0.4, 0.5) is 10.5 Å². The zero-order chi connectivity index (χ0) is 25.2. The normalized spacial score (nSPS) is 19.8. The van der Waals surface area contributed by atoms with Gasteiger partial charge in [-0.25, -0.2) is 4.79 Å². The summed E-state index contributed by atoms with van der Waals surface area (Å²) in [5, 5.41) is 6.92. The Morgan fingerprint density at radius 1 is 1.08 bits per heavy atom. The number of aryl methyl sites for hydroxylation is 2. The lowest BCUT2D eigenvalue weighted by Gasteiger charge is -2.46. The molecule has 1 N–H and O–H groups in total. The number of hydrogen-bond acceptors (Lipinski definition) is 6. The average molecular weight is 488 g/mol. The minimum absolute atomic E-state index is 0.129. The van der Waals surface area contributed by atoms with E-state index < -0.39 is 6.03 Å². The fourth-order valence-electron chi connectivity index (χ4n) is 5.15. The van der Waals surface area contributed by atoms with Crippen LogP contribution >= 0.6 is 0 Å². The number of anilines is 1. The summed E-state index contributed by atoms with van der Waals surface area (Å²) in [6.45, 7) is 3.67. The Kier molecular flexibility index (Phi) is 6.54. The Hall–Kier alpha value is -4.01. The lowest BCUT2D eigenvalue weighted by Crippen LogP contribution is -2.63. The van der Waals surface area contributed by atoms with Crippen molar-refractivity contribution in [1.29, 1.82) is 0 Å². The average Bonchev–Trinajstić information content (AvgIpc) is 3.35. The maximum Gasteiger partial charge on any atom is 0.327 e. The molecule has 1 aliphatic heterocycles. The molecule has 1 saturated carbocycles. The number of rotatable bonds is 6. The molecular weight excluding hydrogens is 458 g/mol. The first-order chi connectivity index (χ1) is 17.4. The van der Waals surface area contributed by atoms with Crippen LogP contribution in [-0.4, -0.2) is 50.4 Å². The number of fused-ring (bicyclic) bond motifs is 1. The summed E-state index contributed by atoms with van der Waals surface area (Å²) < 4.78 is 5.37. The van der Waals surface area contributed by atoms with E-state index in [4.69, 9.17) is 4.52 Å². The summed E-state index contributed by atoms with van der Waals surface area (Å²) in [6.07, 6.45) is 3.21. The van der Waals surface area contributed by atoms with Crippen molar-refractivity contribution in [2.24, 2.45) is 5.92 Å². The van der Waals surface area contributed by atoms with Crippen molar-refractivity contribution in [3.63, 3.8) is 0 Å². The number of benzene rings is 2. The molecule has 0 bridgehead atoms. The highest BCUT2D eigenvalue weighted by Crippen LogP contribution is 2.35. The van der Waals surface area contributed by atoms with Gasteiger partial charge in [-0.15, -0.1) is 0 Å². The Morgan fingerprint density at radius 3 is 2.64 bits per heavy atom. The van der Waals surface area contributed by atoms with Gasteiger partial charge in [-0.2, -0.15) is 4.98 Å². The van der Waals surface area contributed by atoms with Crippen LogP contribution in [0.2, 0.25) is 0 Å². The van der Waals surface area contributed by atoms with E-state index in [1.54, 1.807) is 4.90 Å². The van der Waals surface area contributed by atoms with Gasteiger partial charge < -0.3 is 14.7 Å². The Bertz CT molecular complexity index is 1290. The molecule has 1 aliphatic carbocycles. The molecule has 2 aliphatic rings. The van der Waals surface area contributed by atoms with E-state index in [0.717, 1.165) is 34.4 Å². The van der Waals surface area contributed by atoms with Gasteiger partial charge in [0.2, 0.25) is 23.5 Å². The van der Waals surface area contributed by atoms with Crippen molar-refractivity contribution in [1.82, 2.24) is 19.9 Å². The van der Waals surface area contributed by atoms with E-state index in [9.17, 15) is 14.4 Å². The van der Waals surface area contributed by atoms with Crippen molar-refractivity contribution in [3.8, 4) is 11.4 Å². The number of amides is 4. The van der Waals surface area contributed by atoms with Gasteiger partial charge in [0, 0.05) is 17.3 Å². The van der Waals surface area contributed by atoms with Crippen LogP contribution in [0.5, 0.6) is 0 Å². The first-order valence-corrected chi connectivity index (χ1v) is 12.3. The quantitative estimate of drug-likeness (QED) is 0.555. The zero-order valence-corrected chi connectivity index (χ0v) is 20.4. The number of carbonyl (C=O) groups excluding carboxylic acids is 3. The number of carbonyl (C=O) groups is 3. The van der Waals surface area contributed by atoms with Crippen molar-refractivity contribution in [3.05, 3.63) is 65.5 Å². The van der Waals surface area contributed by atoms with Gasteiger partial charge in [0.05, 0.1) is 5.92 Å². The van der Waals surface area contributed by atoms with E-state index in [1.807, 2.05) is 62.4 Å². The molecule has 1 aromatic heterocycles. The molecule has 2 fully saturated rings. The molecule has 0 radical (unpaired) electrons. The predicted molar refractivity (Wildman–Crippen MR) is 133 cm³/mol. The third kappa shape index (κ3) is 4.73. The number of nitrogens with zero attached hydrogens (tertiary/aromatic N) is 4. The molecule has 3 aromatic rings. The molecule has 2 atom stereocenters. The molecule has 186 valence electrons. The van der Waals surface area contributed by atoms with Gasteiger partial charge in [-0.1, -0.05) is 66.0 Å². The molecule has 1 saturated heterocycles. The van der Waals surface area contributed by atoms with Gasteiger partial charge in [0.15, 0.2) is 0 Å². The number of imide groups is 1. The van der Waals surface area contributed by atoms with Gasteiger partial charge in [0.25, 0.3) is 0 Å². The summed E-state index contributed by atoms with van der Waals surface area (Å²) in [5.74, 6) is -0.317. The molecule has 36 heavy (non-hydrogen) atoms. The van der Waals surface area contributed by atoms with Gasteiger partial charge >= 0.3 is 6.03 Å². The molecule has 2 heterocycles. The fourth-order valence-corrected chi connectivity index (χ4v) is 5.15. The van der Waals surface area contributed by atoms with Crippen LogP contribution in [0.3, 0.4) is 0 Å². The molecule has 9 nitrogen and oxygen atoms in total. The van der Waals surface area contributed by atoms with E-state index in [0.29, 0.717) is 24.4 Å². The minimum atomic E-state index is -0.501. The molecule has 9 heteroatoms. The van der Waals surface area contributed by atoms with Crippen molar-refractivity contribution >= 4 is 23.5 Å². The van der Waals surface area contributed by atoms with Crippen molar-refractivity contribution in [2.75, 3.05) is 11.9 Å². The molecule has 0 spiro atoms. The number of nitrogens with one attached hydrogen (secondary N) is 1. The summed E-state index contributed by atoms with van der Waals surface area (Å²) in [5.41, 5.74) is 3.54. The van der Waals surface area contributed by atoms with Crippen LogP contribution < -0.4 is 5.32 Å². The van der Waals surface area contributed by atoms with Gasteiger partial charge in [-0.3, -0.25) is 14.5 Å². The van der Waals surface area contributed by atoms with E-state index in [-0.39, 0.29) is 42.8 Å². The maximum absolute atomic E-state index is 13.5. The molecular formula is C27H29N5O4. The second-order valence-corrected chi connectivity index (χ2v) is 9.54. The highest BCUT2D eigenvalue weighted by Gasteiger charge is 2.47. The first-order valence-electron chi connectivity index (χ1n) is 12.3. The van der Waals surface area contributed by atoms with Crippen molar-refractivity contribution in [2.45, 2.75) is 52.1 Å². The lowest BCUT2D eigenvalue weighted by atomic mass is 9.81. The van der Waals surface area contributed by atoms with E-state index >= 15 is 0 Å². The molecule has 4 amide bonds. The molecule has 2 aromatic carbocycles. The van der Waals surface area contributed by atoms with Crippen LogP contribution in [0.25, 0.3) is 11.4 Å². The fraction of sp³-hybridized carbons (Fsp3) is 0.370. The summed E-state index contributed by atoms with van der Waals surface area (Å²) >= 11 is 0. The Morgan fingerprint density at radius 2 is 1.86 bits per heavy atom. The topological polar surface area (TPSA) is 109 Å². The largest absolute Gasteiger partial charge is 0.337 e. The van der Waals surface area contributed by atoms with E-state index in [2.05, 4.69) is 15.5 Å². The highest BCUT2D eigenvalue weighted by molar-refractivity contribution is 6.01. The third-order valence-electron chi connectivity index (χ3n) is 6.95. The SMILES string of the molecule is Cc1ccc(NC(=O)CN2C(=O)N(Cc3nc(-c4ccccc4)no3)C(=O)C3CCCCC32)c(C)c1. The summed E-state index contributed by atoms with van der Waals surface area (Å²) in [7, 11) is 0. The standard InChI is InChI=1S/C27H29N5O4/c1-17-12-13-21(18(2)14-17)28-23(33)15-31-22-11-7-6-10-20(22)26(34)32(27(31)35)16-24-29-25(30-36-24)19-8-4-3-5-9-19/h3-5,8-9,12-14,20,22H,6-7,10-11,15-16H2,1-2H3,(H,28,33). The van der Waals surface area contributed by atoms with Crippen LogP contribution in [0.15, 0.2) is 53.1 Å². The molecule has 2 unspecified atom stereocenters. The number of aromatic nitrogens is 2. The Balaban J connectivity index is 1.35. The van der Waals surface area contributed by atoms with Crippen molar-refractivity contribution < 1.29 is 18.9 Å². The second-order valence-electron chi connectivity index (χ2n) is 9.54. The number of hydrogen-bond donors (Lipinski definition) is 1. The number of urea groups is 1. The monoisotopic (exact) mass is 487 g/mol.